The number of nitrogens with one attached hydrogen (secondary N) is 1. The summed E-state index contributed by atoms with van der Waals surface area (Å²) in [6, 6.07) is 17.7. The summed E-state index contributed by atoms with van der Waals surface area (Å²) in [4.78, 5) is 19.7. The lowest BCUT2D eigenvalue weighted by Gasteiger charge is -2.23. The molecule has 0 saturated heterocycles. The molecule has 0 fully saturated rings. The summed E-state index contributed by atoms with van der Waals surface area (Å²) in [5.74, 6) is 3.47. The van der Waals surface area contributed by atoms with E-state index in [4.69, 9.17) is 18.9 Å². The highest BCUT2D eigenvalue weighted by molar-refractivity contribution is 5.78. The van der Waals surface area contributed by atoms with Gasteiger partial charge in [-0.15, -0.1) is 0 Å². The van der Waals surface area contributed by atoms with Crippen molar-refractivity contribution in [3.8, 4) is 28.9 Å². The van der Waals surface area contributed by atoms with Crippen LogP contribution in [0.25, 0.3) is 0 Å². The van der Waals surface area contributed by atoms with Gasteiger partial charge in [0, 0.05) is 24.8 Å². The Bertz CT molecular complexity index is 1230. The van der Waals surface area contributed by atoms with E-state index in [9.17, 15) is 4.79 Å². The summed E-state index contributed by atoms with van der Waals surface area (Å²) < 4.78 is 23.6. The number of para-hydroxylation sites is 2. The second-order valence-corrected chi connectivity index (χ2v) is 10.1. The Morgan fingerprint density at radius 3 is 2.61 bits per heavy atom. The molecule has 2 heterocycles. The number of nitrogens with zero attached hydrogens (tertiary/aromatic N) is 2. The van der Waals surface area contributed by atoms with E-state index in [0.29, 0.717) is 51.1 Å². The van der Waals surface area contributed by atoms with Crippen LogP contribution in [-0.2, 0) is 17.8 Å². The maximum atomic E-state index is 13.0. The minimum Gasteiger partial charge on any atom is -0.490 e. The fourth-order valence-electron chi connectivity index (χ4n) is 4.85. The van der Waals surface area contributed by atoms with Crippen molar-refractivity contribution in [2.45, 2.75) is 58.9 Å². The Kier molecular flexibility index (Phi) is 12.1. The molecule has 0 atom stereocenters. The lowest BCUT2D eigenvalue weighted by Crippen LogP contribution is -2.38. The molecule has 1 N–H and O–H groups in total. The fourth-order valence-corrected chi connectivity index (χ4v) is 4.85. The SMILES string of the molecule is CCOc1ccc(CCCNC(=O)CN2CCCCCCOc3ccccc3Oc3ncccc3C2)cc1OCC. The van der Waals surface area contributed by atoms with Crippen LogP contribution in [0.15, 0.2) is 60.8 Å². The van der Waals surface area contributed by atoms with Crippen LogP contribution in [0.4, 0.5) is 0 Å². The van der Waals surface area contributed by atoms with Crippen molar-refractivity contribution in [2.75, 3.05) is 39.5 Å². The average molecular weight is 562 g/mol. The van der Waals surface area contributed by atoms with Crippen LogP contribution < -0.4 is 24.3 Å². The first-order valence-corrected chi connectivity index (χ1v) is 14.9. The zero-order valence-electron chi connectivity index (χ0n) is 24.4. The molecule has 0 unspecified atom stereocenters. The number of rotatable bonds is 10. The molecule has 0 saturated carbocycles. The van der Waals surface area contributed by atoms with Crippen molar-refractivity contribution < 1.29 is 23.7 Å². The van der Waals surface area contributed by atoms with Crippen molar-refractivity contribution in [3.05, 3.63) is 71.9 Å². The smallest absolute Gasteiger partial charge is 0.234 e. The first-order valence-electron chi connectivity index (χ1n) is 14.9. The number of ether oxygens (including phenoxy) is 4. The van der Waals surface area contributed by atoms with Crippen molar-refractivity contribution in [1.82, 2.24) is 15.2 Å². The molecule has 2 aromatic carbocycles. The number of aryl methyl sites for hydroxylation is 1. The van der Waals surface area contributed by atoms with E-state index >= 15 is 0 Å². The number of amides is 1. The molecule has 0 radical (unpaired) electrons. The summed E-state index contributed by atoms with van der Waals surface area (Å²) in [6.45, 7) is 8.10. The molecule has 1 aromatic heterocycles. The lowest BCUT2D eigenvalue weighted by atomic mass is 10.1. The maximum absolute atomic E-state index is 13.0. The van der Waals surface area contributed by atoms with Gasteiger partial charge >= 0.3 is 0 Å². The monoisotopic (exact) mass is 561 g/mol. The second kappa shape index (κ2) is 16.5. The van der Waals surface area contributed by atoms with Crippen molar-refractivity contribution in [3.63, 3.8) is 0 Å². The predicted octanol–water partition coefficient (Wildman–Crippen LogP) is 6.18. The van der Waals surface area contributed by atoms with E-state index in [2.05, 4.69) is 21.3 Å². The van der Waals surface area contributed by atoms with Gasteiger partial charge in [0.05, 0.1) is 26.4 Å². The molecule has 0 spiro atoms. The third-order valence-electron chi connectivity index (χ3n) is 6.87. The van der Waals surface area contributed by atoms with Crippen LogP contribution in [0.2, 0.25) is 0 Å². The van der Waals surface area contributed by atoms with Crippen LogP contribution in [0, 0.1) is 0 Å². The standard InChI is InChI=1S/C33H43N3O5/c1-3-38-29-18-17-26(23-31(29)39-4-2)13-11-19-34-32(37)25-36-21-9-5-6-10-22-40-28-15-7-8-16-30(28)41-33-27(24-36)14-12-20-35-33/h7-8,12,14-18,20,23H,3-6,9-11,13,19,21-22,24-25H2,1-2H3,(H,34,37). The first kappa shape index (κ1) is 30.2. The number of fused-ring (bicyclic) bond motifs is 2. The first-order chi connectivity index (χ1) is 20.2. The van der Waals surface area contributed by atoms with Gasteiger partial charge in [-0.25, -0.2) is 4.98 Å². The Morgan fingerprint density at radius 1 is 0.951 bits per heavy atom. The Hall–Kier alpha value is -3.78. The van der Waals surface area contributed by atoms with E-state index in [1.807, 2.05) is 62.4 Å². The van der Waals surface area contributed by atoms with Gasteiger partial charge in [-0.2, -0.15) is 0 Å². The van der Waals surface area contributed by atoms with E-state index in [1.165, 1.54) is 0 Å². The number of carbonyl (C=O) groups is 1. The van der Waals surface area contributed by atoms with Gasteiger partial charge in [0.15, 0.2) is 23.0 Å². The maximum Gasteiger partial charge on any atom is 0.234 e. The van der Waals surface area contributed by atoms with E-state index in [-0.39, 0.29) is 5.91 Å². The highest BCUT2D eigenvalue weighted by atomic mass is 16.5. The zero-order chi connectivity index (χ0) is 28.7. The summed E-state index contributed by atoms with van der Waals surface area (Å²) in [5, 5.41) is 3.11. The molecular weight excluding hydrogens is 518 g/mol. The van der Waals surface area contributed by atoms with Gasteiger partial charge in [-0.05, 0) is 82.0 Å². The van der Waals surface area contributed by atoms with Crippen LogP contribution in [0.5, 0.6) is 28.9 Å². The number of pyridine rings is 1. The molecule has 8 nitrogen and oxygen atoms in total. The van der Waals surface area contributed by atoms with Crippen LogP contribution in [-0.4, -0.2) is 55.2 Å². The molecule has 4 rings (SSSR count). The minimum absolute atomic E-state index is 0.0259. The Labute approximate surface area is 244 Å². The van der Waals surface area contributed by atoms with Crippen LogP contribution in [0.1, 0.15) is 57.1 Å². The van der Waals surface area contributed by atoms with Gasteiger partial charge in [-0.1, -0.05) is 37.1 Å². The van der Waals surface area contributed by atoms with Gasteiger partial charge in [0.2, 0.25) is 11.8 Å². The van der Waals surface area contributed by atoms with Gasteiger partial charge in [0.1, 0.15) is 0 Å². The number of hydrogen-bond acceptors (Lipinski definition) is 7. The molecule has 3 aromatic rings. The van der Waals surface area contributed by atoms with Crippen molar-refractivity contribution in [2.24, 2.45) is 0 Å². The Balaban J connectivity index is 1.34. The topological polar surface area (TPSA) is 82.2 Å². The van der Waals surface area contributed by atoms with E-state index < -0.39 is 0 Å². The third-order valence-corrected chi connectivity index (χ3v) is 6.87. The summed E-state index contributed by atoms with van der Waals surface area (Å²) in [5.41, 5.74) is 2.10. The average Bonchev–Trinajstić information content (AvgIpc) is 2.97. The minimum atomic E-state index is 0.0259. The number of aromatic nitrogens is 1. The Morgan fingerprint density at radius 2 is 1.76 bits per heavy atom. The molecular formula is C33H43N3O5. The molecule has 0 aliphatic carbocycles. The molecule has 1 aliphatic rings. The normalized spacial score (nSPS) is 14.4. The fraction of sp³-hybridized carbons (Fsp3) is 0.455. The van der Waals surface area contributed by atoms with Crippen LogP contribution >= 0.6 is 0 Å². The van der Waals surface area contributed by atoms with Crippen molar-refractivity contribution >= 4 is 5.91 Å². The quantitative estimate of drug-likeness (QED) is 0.296. The molecule has 220 valence electrons. The zero-order valence-corrected chi connectivity index (χ0v) is 24.4. The predicted molar refractivity (Wildman–Crippen MR) is 160 cm³/mol. The van der Waals surface area contributed by atoms with Gasteiger partial charge in [-0.3, -0.25) is 9.69 Å². The van der Waals surface area contributed by atoms with E-state index in [0.717, 1.165) is 73.4 Å². The number of benzene rings is 2. The second-order valence-electron chi connectivity index (χ2n) is 10.1. The van der Waals surface area contributed by atoms with E-state index in [1.54, 1.807) is 6.20 Å². The summed E-state index contributed by atoms with van der Waals surface area (Å²) in [7, 11) is 0. The summed E-state index contributed by atoms with van der Waals surface area (Å²) >= 11 is 0. The summed E-state index contributed by atoms with van der Waals surface area (Å²) in [6.07, 6.45) is 7.57. The third kappa shape index (κ3) is 9.67. The molecule has 0 bridgehead atoms. The highest BCUT2D eigenvalue weighted by Gasteiger charge is 2.17. The molecule has 1 amide bonds. The molecule has 8 heteroatoms. The van der Waals surface area contributed by atoms with Crippen LogP contribution in [0.3, 0.4) is 0 Å². The van der Waals surface area contributed by atoms with Gasteiger partial charge < -0.3 is 24.3 Å². The van der Waals surface area contributed by atoms with Gasteiger partial charge in [0.25, 0.3) is 0 Å². The lowest BCUT2D eigenvalue weighted by molar-refractivity contribution is -0.122. The molecule has 1 aliphatic heterocycles. The number of hydrogen-bond donors (Lipinski definition) is 1. The molecule has 41 heavy (non-hydrogen) atoms. The largest absolute Gasteiger partial charge is 0.490 e. The number of carbonyl (C=O) groups excluding carboxylic acids is 1. The highest BCUT2D eigenvalue weighted by Crippen LogP contribution is 2.33. The van der Waals surface area contributed by atoms with Crippen molar-refractivity contribution in [1.29, 1.82) is 0 Å².